The highest BCUT2D eigenvalue weighted by atomic mass is 19.1. The van der Waals surface area contributed by atoms with Crippen LogP contribution in [0.15, 0.2) is 127 Å². The minimum Gasteiger partial charge on any atom is -0.339 e. The molecule has 6 aromatic carbocycles. The van der Waals surface area contributed by atoms with Crippen molar-refractivity contribution in [2.24, 2.45) is 0 Å². The number of para-hydroxylation sites is 1. The van der Waals surface area contributed by atoms with Crippen LogP contribution in [-0.2, 0) is 19.5 Å². The molecule has 0 saturated heterocycles. The van der Waals surface area contributed by atoms with Gasteiger partial charge in [0.05, 0.1) is 24.7 Å². The second-order valence-electron chi connectivity index (χ2n) is 13.4. The monoisotopic (exact) mass is 702 g/mol. The lowest BCUT2D eigenvalue weighted by molar-refractivity contribution is 0.565. The van der Waals surface area contributed by atoms with E-state index in [1.54, 1.807) is 12.1 Å². The van der Waals surface area contributed by atoms with E-state index in [-0.39, 0.29) is 13.1 Å². The Labute approximate surface area is 302 Å². The van der Waals surface area contributed by atoms with Crippen LogP contribution in [0, 0.1) is 34.6 Å². The Morgan fingerprint density at radius 3 is 1.83 bits per heavy atom. The van der Waals surface area contributed by atoms with Crippen LogP contribution in [0.4, 0.5) is 34.6 Å². The Bertz CT molecular complexity index is 2800. The maximum Gasteiger partial charge on any atom is 0.131 e. The molecule has 0 saturated carbocycles. The molecule has 0 fully saturated rings. The SMILES string of the molecule is N#Cc1ccc(N(c2ccc3c(c2)c2c(n3Cc3ccc(F)cc3F)CCC=C2)c2ccc3c(c2)c2ccccc2n3Cc2ccc(F)cc2F)cc1. The number of nitrogens with zero attached hydrogens (tertiary/aromatic N) is 4. The first-order chi connectivity index (χ1) is 25.9. The molecule has 0 spiro atoms. The molecule has 1 aliphatic carbocycles. The van der Waals surface area contributed by atoms with Gasteiger partial charge in [-0.3, -0.25) is 0 Å². The van der Waals surface area contributed by atoms with Crippen molar-refractivity contribution in [3.63, 3.8) is 0 Å². The molecule has 0 amide bonds. The van der Waals surface area contributed by atoms with Crippen molar-refractivity contribution in [3.05, 3.63) is 179 Å². The van der Waals surface area contributed by atoms with Gasteiger partial charge in [-0.2, -0.15) is 5.26 Å². The van der Waals surface area contributed by atoms with Gasteiger partial charge in [-0.25, -0.2) is 17.6 Å². The van der Waals surface area contributed by atoms with Gasteiger partial charge in [0.15, 0.2) is 0 Å². The first-order valence-corrected chi connectivity index (χ1v) is 17.4. The van der Waals surface area contributed by atoms with Crippen LogP contribution < -0.4 is 4.90 Å². The van der Waals surface area contributed by atoms with Gasteiger partial charge in [-0.05, 0) is 91.7 Å². The summed E-state index contributed by atoms with van der Waals surface area (Å²) in [5.74, 6) is -2.39. The second kappa shape index (κ2) is 12.9. The molecule has 2 aromatic heterocycles. The Morgan fingerprint density at radius 2 is 1.17 bits per heavy atom. The smallest absolute Gasteiger partial charge is 0.131 e. The fraction of sp³-hybridized carbons (Fsp3) is 0.0889. The summed E-state index contributed by atoms with van der Waals surface area (Å²) in [5.41, 5.74) is 8.88. The molecule has 9 rings (SSSR count). The van der Waals surface area contributed by atoms with E-state index in [0.29, 0.717) is 16.7 Å². The Balaban J connectivity index is 1.21. The lowest BCUT2D eigenvalue weighted by atomic mass is 10.0. The normalized spacial score (nSPS) is 12.4. The Kier molecular flexibility index (Phi) is 7.85. The maximum absolute atomic E-state index is 14.9. The summed E-state index contributed by atoms with van der Waals surface area (Å²) in [6.07, 6.45) is 5.93. The Morgan fingerprint density at radius 1 is 0.585 bits per heavy atom. The van der Waals surface area contributed by atoms with Crippen molar-refractivity contribution < 1.29 is 17.6 Å². The van der Waals surface area contributed by atoms with Gasteiger partial charge >= 0.3 is 0 Å². The summed E-state index contributed by atoms with van der Waals surface area (Å²) in [4.78, 5) is 2.14. The zero-order chi connectivity index (χ0) is 36.2. The molecule has 0 radical (unpaired) electrons. The van der Waals surface area contributed by atoms with Crippen molar-refractivity contribution in [2.75, 3.05) is 4.90 Å². The predicted molar refractivity (Wildman–Crippen MR) is 203 cm³/mol. The number of benzene rings is 6. The van der Waals surface area contributed by atoms with E-state index >= 15 is 0 Å². The van der Waals surface area contributed by atoms with Gasteiger partial charge in [-0.1, -0.05) is 42.5 Å². The molecule has 8 heteroatoms. The largest absolute Gasteiger partial charge is 0.339 e. The van der Waals surface area contributed by atoms with Crippen LogP contribution >= 0.6 is 0 Å². The number of anilines is 3. The molecule has 0 bridgehead atoms. The molecule has 258 valence electrons. The zero-order valence-corrected chi connectivity index (χ0v) is 28.3. The van der Waals surface area contributed by atoms with Crippen LogP contribution in [0.25, 0.3) is 38.8 Å². The summed E-state index contributed by atoms with van der Waals surface area (Å²) in [6, 6.07) is 37.4. The average Bonchev–Trinajstić information content (AvgIpc) is 3.65. The lowest BCUT2D eigenvalue weighted by Crippen LogP contribution is -2.10. The second-order valence-corrected chi connectivity index (χ2v) is 13.4. The number of aromatic nitrogens is 2. The first kappa shape index (κ1) is 32.3. The highest BCUT2D eigenvalue weighted by Gasteiger charge is 2.22. The quantitative estimate of drug-likeness (QED) is 0.155. The third kappa shape index (κ3) is 5.62. The fourth-order valence-corrected chi connectivity index (χ4v) is 7.74. The van der Waals surface area contributed by atoms with E-state index in [9.17, 15) is 22.8 Å². The average molecular weight is 703 g/mol. The van der Waals surface area contributed by atoms with E-state index in [4.69, 9.17) is 0 Å². The zero-order valence-electron chi connectivity index (χ0n) is 28.3. The minimum absolute atomic E-state index is 0.225. The summed E-state index contributed by atoms with van der Waals surface area (Å²) < 4.78 is 61.5. The number of fused-ring (bicyclic) bond motifs is 6. The van der Waals surface area contributed by atoms with E-state index in [0.717, 1.165) is 86.0 Å². The number of hydrogen-bond acceptors (Lipinski definition) is 2. The molecule has 0 N–H and O–H groups in total. The van der Waals surface area contributed by atoms with Gasteiger partial charge in [0, 0.05) is 84.3 Å². The number of rotatable bonds is 7. The standard InChI is InChI=1S/C45H30F4N4/c46-31-13-11-29(40(48)21-31)26-51-42-7-3-1-5-36(42)38-23-34(17-19-44(38)51)53(33-15-9-28(25-50)10-16-33)35-18-20-45-39(24-35)37-6-2-4-8-43(37)52(45)27-30-12-14-32(47)22-41(30)49/h1-3,5-7,9-24H,4,8,26-27H2. The van der Waals surface area contributed by atoms with Gasteiger partial charge in [0.1, 0.15) is 23.3 Å². The number of allylic oxidation sites excluding steroid dienone is 1. The van der Waals surface area contributed by atoms with E-state index in [1.807, 2.05) is 59.2 Å². The van der Waals surface area contributed by atoms with Crippen LogP contribution in [0.3, 0.4) is 0 Å². The van der Waals surface area contributed by atoms with Crippen LogP contribution in [0.5, 0.6) is 0 Å². The number of hydrogen-bond donors (Lipinski definition) is 0. The first-order valence-electron chi connectivity index (χ1n) is 17.4. The van der Waals surface area contributed by atoms with Crippen LogP contribution in [0.1, 0.15) is 34.4 Å². The molecule has 2 heterocycles. The Hall–Kier alpha value is -6.59. The molecule has 53 heavy (non-hydrogen) atoms. The van der Waals surface area contributed by atoms with Gasteiger partial charge in [-0.15, -0.1) is 0 Å². The van der Waals surface area contributed by atoms with Crippen molar-refractivity contribution in [1.29, 1.82) is 5.26 Å². The third-order valence-corrected chi connectivity index (χ3v) is 10.2. The van der Waals surface area contributed by atoms with Crippen molar-refractivity contribution >= 4 is 55.8 Å². The summed E-state index contributed by atoms with van der Waals surface area (Å²) >= 11 is 0. The third-order valence-electron chi connectivity index (χ3n) is 10.2. The van der Waals surface area contributed by atoms with Crippen molar-refractivity contribution in [2.45, 2.75) is 25.9 Å². The molecule has 8 aromatic rings. The molecular formula is C45H30F4N4. The van der Waals surface area contributed by atoms with Gasteiger partial charge < -0.3 is 14.0 Å². The predicted octanol–water partition coefficient (Wildman–Crippen LogP) is 11.7. The highest BCUT2D eigenvalue weighted by molar-refractivity contribution is 6.09. The van der Waals surface area contributed by atoms with Crippen molar-refractivity contribution in [1.82, 2.24) is 9.13 Å². The van der Waals surface area contributed by atoms with E-state index in [1.165, 1.54) is 24.3 Å². The molecule has 0 unspecified atom stereocenters. The molecule has 1 aliphatic rings. The highest BCUT2D eigenvalue weighted by Crippen LogP contribution is 2.42. The topological polar surface area (TPSA) is 36.9 Å². The summed E-state index contributed by atoms with van der Waals surface area (Å²) in [6.45, 7) is 0.496. The van der Waals surface area contributed by atoms with Gasteiger partial charge in [0.25, 0.3) is 0 Å². The van der Waals surface area contributed by atoms with Crippen molar-refractivity contribution in [3.8, 4) is 6.07 Å². The summed E-state index contributed by atoms with van der Waals surface area (Å²) in [7, 11) is 0. The fourth-order valence-electron chi connectivity index (χ4n) is 7.74. The van der Waals surface area contributed by atoms with E-state index in [2.05, 4.69) is 45.9 Å². The van der Waals surface area contributed by atoms with Gasteiger partial charge in [0.2, 0.25) is 0 Å². The number of halogens is 4. The molecule has 0 atom stereocenters. The molecular weight excluding hydrogens is 673 g/mol. The summed E-state index contributed by atoms with van der Waals surface area (Å²) in [5, 5.41) is 12.5. The molecule has 4 nitrogen and oxygen atoms in total. The maximum atomic E-state index is 14.9. The van der Waals surface area contributed by atoms with E-state index < -0.39 is 23.3 Å². The molecule has 0 aliphatic heterocycles. The minimum atomic E-state index is -0.617. The number of nitriles is 1. The lowest BCUT2D eigenvalue weighted by Gasteiger charge is -2.26. The van der Waals surface area contributed by atoms with Crippen LogP contribution in [0.2, 0.25) is 0 Å². The van der Waals surface area contributed by atoms with Crippen LogP contribution in [-0.4, -0.2) is 9.13 Å².